The highest BCUT2D eigenvalue weighted by atomic mass is 32.1. The quantitative estimate of drug-likeness (QED) is 0.814. The Balaban J connectivity index is 1.92. The minimum Gasteiger partial charge on any atom is -0.389 e. The molecule has 0 spiro atoms. The van der Waals surface area contributed by atoms with Gasteiger partial charge >= 0.3 is 0 Å². The number of nitrogens with two attached hydrogens (primary N) is 1. The van der Waals surface area contributed by atoms with Crippen LogP contribution in [0.2, 0.25) is 0 Å². The van der Waals surface area contributed by atoms with E-state index in [0.717, 1.165) is 11.5 Å². The van der Waals surface area contributed by atoms with E-state index in [9.17, 15) is 0 Å². The molecule has 3 nitrogen and oxygen atoms in total. The molecule has 1 aliphatic heterocycles. The zero-order chi connectivity index (χ0) is 9.80. The fourth-order valence-corrected chi connectivity index (χ4v) is 2.45. The molecule has 14 heavy (non-hydrogen) atoms. The van der Waals surface area contributed by atoms with Gasteiger partial charge in [-0.15, -0.1) is 0 Å². The predicted octanol–water partition coefficient (Wildman–Crippen LogP) is 2.10. The molecule has 0 atom stereocenters. The number of hydrogen-bond donors (Lipinski definition) is 1. The molecule has 2 N–H and O–H groups in total. The Kier molecular flexibility index (Phi) is 3.37. The lowest BCUT2D eigenvalue weighted by atomic mass is 10.2. The first-order chi connectivity index (χ1) is 6.86. The number of hydrogen-bond acceptors (Lipinski definition) is 4. The maximum absolute atomic E-state index is 5.83. The summed E-state index contributed by atoms with van der Waals surface area (Å²) in [5.41, 5.74) is 7.03. The van der Waals surface area contributed by atoms with Gasteiger partial charge in [-0.2, -0.15) is 4.37 Å². The lowest BCUT2D eigenvalue weighted by Crippen LogP contribution is -2.24. The van der Waals surface area contributed by atoms with E-state index in [-0.39, 0.29) is 0 Å². The van der Waals surface area contributed by atoms with Gasteiger partial charge in [0.1, 0.15) is 5.00 Å². The molecule has 0 unspecified atom stereocenters. The molecular formula is C10H17N3S. The number of aromatic nitrogens is 1. The fraction of sp³-hybridized carbons (Fsp3) is 0.700. The molecule has 4 heteroatoms. The van der Waals surface area contributed by atoms with Gasteiger partial charge in [-0.25, -0.2) is 0 Å². The van der Waals surface area contributed by atoms with Crippen molar-refractivity contribution in [1.29, 1.82) is 0 Å². The van der Waals surface area contributed by atoms with E-state index in [1.54, 1.807) is 0 Å². The van der Waals surface area contributed by atoms with Gasteiger partial charge in [0.2, 0.25) is 0 Å². The van der Waals surface area contributed by atoms with Gasteiger partial charge in [0, 0.05) is 18.3 Å². The Bertz CT molecular complexity index is 277. The molecule has 1 saturated heterocycles. The molecule has 1 fully saturated rings. The zero-order valence-electron chi connectivity index (χ0n) is 8.41. The molecule has 0 amide bonds. The number of rotatable bonds is 2. The molecule has 1 aliphatic rings. The molecule has 1 aromatic heterocycles. The molecule has 2 rings (SSSR count). The third-order valence-corrected chi connectivity index (χ3v) is 3.44. The van der Waals surface area contributed by atoms with Crippen molar-refractivity contribution in [1.82, 2.24) is 9.27 Å². The molecule has 0 aliphatic carbocycles. The number of nitrogen functional groups attached to an aromatic ring is 1. The van der Waals surface area contributed by atoms with Gasteiger partial charge in [-0.1, -0.05) is 12.8 Å². The van der Waals surface area contributed by atoms with Crippen LogP contribution in [0.3, 0.4) is 0 Å². The smallest absolute Gasteiger partial charge is 0.111 e. The Hall–Kier alpha value is -0.610. The Morgan fingerprint density at radius 3 is 2.57 bits per heavy atom. The monoisotopic (exact) mass is 211 g/mol. The molecule has 1 aromatic rings. The maximum Gasteiger partial charge on any atom is 0.111 e. The van der Waals surface area contributed by atoms with E-state index in [0.29, 0.717) is 0 Å². The van der Waals surface area contributed by atoms with Crippen molar-refractivity contribution in [2.75, 3.05) is 18.8 Å². The lowest BCUT2D eigenvalue weighted by molar-refractivity contribution is 0.277. The van der Waals surface area contributed by atoms with Crippen molar-refractivity contribution in [2.45, 2.75) is 32.2 Å². The van der Waals surface area contributed by atoms with E-state index in [1.807, 2.05) is 6.20 Å². The minimum atomic E-state index is 0.884. The maximum atomic E-state index is 5.83. The number of anilines is 1. The predicted molar refractivity (Wildman–Crippen MR) is 60.3 cm³/mol. The lowest BCUT2D eigenvalue weighted by Gasteiger charge is -2.18. The first-order valence-electron chi connectivity index (χ1n) is 5.27. The zero-order valence-corrected chi connectivity index (χ0v) is 9.22. The third kappa shape index (κ3) is 2.45. The molecule has 2 heterocycles. The first-order valence-corrected chi connectivity index (χ1v) is 6.05. The fourth-order valence-electron chi connectivity index (χ4n) is 1.92. The second-order valence-electron chi connectivity index (χ2n) is 3.91. The van der Waals surface area contributed by atoms with E-state index < -0.39 is 0 Å². The SMILES string of the molecule is Nc1sncc1CN1CCCCCC1. The number of nitrogens with zero attached hydrogens (tertiary/aromatic N) is 2. The summed E-state index contributed by atoms with van der Waals surface area (Å²) >= 11 is 1.40. The summed E-state index contributed by atoms with van der Waals surface area (Å²) in [6.45, 7) is 3.42. The summed E-state index contributed by atoms with van der Waals surface area (Å²) < 4.78 is 4.10. The normalized spacial score (nSPS) is 19.4. The molecule has 0 aromatic carbocycles. The highest BCUT2D eigenvalue weighted by Crippen LogP contribution is 2.19. The van der Waals surface area contributed by atoms with Crippen LogP contribution in [0.4, 0.5) is 5.00 Å². The third-order valence-electron chi connectivity index (χ3n) is 2.77. The summed E-state index contributed by atoms with van der Waals surface area (Å²) in [6, 6.07) is 0. The second-order valence-corrected chi connectivity index (χ2v) is 4.74. The van der Waals surface area contributed by atoms with Crippen LogP contribution in [0.1, 0.15) is 31.2 Å². The van der Waals surface area contributed by atoms with Crippen molar-refractivity contribution >= 4 is 16.5 Å². The van der Waals surface area contributed by atoms with Gasteiger partial charge in [0.15, 0.2) is 0 Å². The van der Waals surface area contributed by atoms with Crippen LogP contribution < -0.4 is 5.73 Å². The van der Waals surface area contributed by atoms with Crippen LogP contribution in [0, 0.1) is 0 Å². The van der Waals surface area contributed by atoms with Crippen LogP contribution in [0.5, 0.6) is 0 Å². The highest BCUT2D eigenvalue weighted by Gasteiger charge is 2.11. The van der Waals surface area contributed by atoms with E-state index in [2.05, 4.69) is 9.27 Å². The van der Waals surface area contributed by atoms with Crippen molar-refractivity contribution in [3.8, 4) is 0 Å². The van der Waals surface area contributed by atoms with Crippen LogP contribution >= 0.6 is 11.5 Å². The average Bonchev–Trinajstić information content (AvgIpc) is 2.44. The van der Waals surface area contributed by atoms with Crippen LogP contribution in [0.25, 0.3) is 0 Å². The standard InChI is InChI=1S/C10H17N3S/c11-10-9(7-12-14-10)8-13-5-3-1-2-4-6-13/h7H,1-6,8,11H2. The van der Waals surface area contributed by atoms with Gasteiger partial charge < -0.3 is 5.73 Å². The minimum absolute atomic E-state index is 0.884. The van der Waals surface area contributed by atoms with Gasteiger partial charge in [0.05, 0.1) is 0 Å². The van der Waals surface area contributed by atoms with Crippen molar-refractivity contribution in [3.05, 3.63) is 11.8 Å². The van der Waals surface area contributed by atoms with Gasteiger partial charge in [-0.05, 0) is 37.5 Å². The molecule has 0 radical (unpaired) electrons. The summed E-state index contributed by atoms with van der Waals surface area (Å²) in [5.74, 6) is 0. The highest BCUT2D eigenvalue weighted by molar-refractivity contribution is 7.10. The van der Waals surface area contributed by atoms with Gasteiger partial charge in [0.25, 0.3) is 0 Å². The molecule has 78 valence electrons. The van der Waals surface area contributed by atoms with Crippen molar-refractivity contribution < 1.29 is 0 Å². The summed E-state index contributed by atoms with van der Waals surface area (Å²) in [7, 11) is 0. The molecule has 0 saturated carbocycles. The van der Waals surface area contributed by atoms with Crippen molar-refractivity contribution in [3.63, 3.8) is 0 Å². The van der Waals surface area contributed by atoms with E-state index >= 15 is 0 Å². The van der Waals surface area contributed by atoms with Crippen LogP contribution in [-0.2, 0) is 6.54 Å². The first kappa shape index (κ1) is 9.93. The van der Waals surface area contributed by atoms with Crippen LogP contribution in [0.15, 0.2) is 6.20 Å². The summed E-state index contributed by atoms with van der Waals surface area (Å²) in [5, 5.41) is 0.884. The largest absolute Gasteiger partial charge is 0.389 e. The summed E-state index contributed by atoms with van der Waals surface area (Å²) in [4.78, 5) is 2.49. The Morgan fingerprint density at radius 2 is 2.00 bits per heavy atom. The number of likely N-dealkylation sites (tertiary alicyclic amines) is 1. The van der Waals surface area contributed by atoms with E-state index in [1.165, 1.54) is 55.9 Å². The van der Waals surface area contributed by atoms with Crippen molar-refractivity contribution in [2.24, 2.45) is 0 Å². The molecular weight excluding hydrogens is 194 g/mol. The molecule has 0 bridgehead atoms. The Morgan fingerprint density at radius 1 is 1.29 bits per heavy atom. The Labute approximate surface area is 89.1 Å². The van der Waals surface area contributed by atoms with Gasteiger partial charge in [-0.3, -0.25) is 4.90 Å². The topological polar surface area (TPSA) is 42.1 Å². The summed E-state index contributed by atoms with van der Waals surface area (Å²) in [6.07, 6.45) is 7.33. The second kappa shape index (κ2) is 4.75. The average molecular weight is 211 g/mol. The van der Waals surface area contributed by atoms with Crippen LogP contribution in [-0.4, -0.2) is 22.4 Å². The van der Waals surface area contributed by atoms with E-state index in [4.69, 9.17) is 5.73 Å².